The molecule has 1 saturated heterocycles. The molecule has 16 heavy (non-hydrogen) atoms. The van der Waals surface area contributed by atoms with E-state index in [1.807, 2.05) is 0 Å². The summed E-state index contributed by atoms with van der Waals surface area (Å²) in [6.45, 7) is 1.08. The van der Waals surface area contributed by atoms with E-state index in [9.17, 15) is 15.3 Å². The maximum absolute atomic E-state index is 9.94. The van der Waals surface area contributed by atoms with Crippen molar-refractivity contribution in [2.24, 2.45) is 0 Å². The fourth-order valence-corrected chi connectivity index (χ4v) is 1.82. The van der Waals surface area contributed by atoms with Crippen LogP contribution in [-0.2, 0) is 6.42 Å². The first kappa shape index (κ1) is 11.0. The van der Waals surface area contributed by atoms with Crippen molar-refractivity contribution in [2.75, 3.05) is 20.2 Å². The van der Waals surface area contributed by atoms with Crippen LogP contribution in [0.15, 0.2) is 12.1 Å². The van der Waals surface area contributed by atoms with Gasteiger partial charge < -0.3 is 25.4 Å². The Morgan fingerprint density at radius 1 is 1.38 bits per heavy atom. The predicted molar refractivity (Wildman–Crippen MR) is 57.8 cm³/mol. The molecule has 5 nitrogen and oxygen atoms in total. The summed E-state index contributed by atoms with van der Waals surface area (Å²) in [6, 6.07) is 3.06. The van der Waals surface area contributed by atoms with Crippen molar-refractivity contribution in [1.29, 1.82) is 0 Å². The Morgan fingerprint density at radius 2 is 2.06 bits per heavy atom. The monoisotopic (exact) mass is 225 g/mol. The number of ether oxygens (including phenoxy) is 1. The second-order valence-corrected chi connectivity index (χ2v) is 4.17. The van der Waals surface area contributed by atoms with Crippen molar-refractivity contribution < 1.29 is 20.1 Å². The molecule has 0 unspecified atom stereocenters. The van der Waals surface area contributed by atoms with E-state index in [4.69, 9.17) is 4.74 Å². The number of β-amino-alcohol motifs (C(OH)–C–C–N with tert-alkyl or cyclic N) is 1. The molecule has 0 amide bonds. The average molecular weight is 225 g/mol. The smallest absolute Gasteiger partial charge is 0.200 e. The van der Waals surface area contributed by atoms with E-state index < -0.39 is 5.60 Å². The Labute approximate surface area is 93.3 Å². The van der Waals surface area contributed by atoms with Gasteiger partial charge in [-0.05, 0) is 17.7 Å². The summed E-state index contributed by atoms with van der Waals surface area (Å²) >= 11 is 0. The van der Waals surface area contributed by atoms with Gasteiger partial charge in [0, 0.05) is 19.5 Å². The molecule has 1 heterocycles. The zero-order valence-electron chi connectivity index (χ0n) is 9.03. The van der Waals surface area contributed by atoms with Crippen LogP contribution in [0.25, 0.3) is 0 Å². The zero-order chi connectivity index (χ0) is 11.8. The number of aromatic hydroxyl groups is 2. The Kier molecular flexibility index (Phi) is 2.65. The van der Waals surface area contributed by atoms with Crippen LogP contribution < -0.4 is 10.1 Å². The lowest BCUT2D eigenvalue weighted by atomic mass is 9.89. The third-order valence-corrected chi connectivity index (χ3v) is 2.78. The number of hydrogen-bond donors (Lipinski definition) is 4. The highest BCUT2D eigenvalue weighted by Gasteiger charge is 2.34. The molecular weight excluding hydrogens is 210 g/mol. The van der Waals surface area contributed by atoms with Crippen molar-refractivity contribution in [3.8, 4) is 17.2 Å². The van der Waals surface area contributed by atoms with Gasteiger partial charge in [0.25, 0.3) is 0 Å². The third kappa shape index (κ3) is 1.91. The molecule has 0 saturated carbocycles. The molecule has 1 aliphatic heterocycles. The van der Waals surface area contributed by atoms with Gasteiger partial charge >= 0.3 is 0 Å². The van der Waals surface area contributed by atoms with E-state index in [1.54, 1.807) is 6.07 Å². The van der Waals surface area contributed by atoms with Gasteiger partial charge in [-0.3, -0.25) is 0 Å². The Hall–Kier alpha value is -1.46. The highest BCUT2D eigenvalue weighted by molar-refractivity contribution is 5.52. The number of nitrogens with one attached hydrogen (secondary N) is 1. The summed E-state index contributed by atoms with van der Waals surface area (Å²) in [5.41, 5.74) is -0.0230. The minimum Gasteiger partial charge on any atom is -0.504 e. The van der Waals surface area contributed by atoms with E-state index in [-0.39, 0.29) is 17.2 Å². The molecule has 1 aromatic carbocycles. The second-order valence-electron chi connectivity index (χ2n) is 4.17. The molecule has 0 radical (unpaired) electrons. The van der Waals surface area contributed by atoms with Crippen LogP contribution in [0.4, 0.5) is 0 Å². The second kappa shape index (κ2) is 3.84. The molecule has 1 aliphatic rings. The van der Waals surface area contributed by atoms with Gasteiger partial charge in [-0.2, -0.15) is 0 Å². The molecule has 0 bridgehead atoms. The fourth-order valence-electron chi connectivity index (χ4n) is 1.82. The molecule has 1 fully saturated rings. The van der Waals surface area contributed by atoms with Crippen LogP contribution in [0.1, 0.15) is 5.56 Å². The number of rotatable bonds is 3. The van der Waals surface area contributed by atoms with Gasteiger partial charge in [0.1, 0.15) is 0 Å². The maximum Gasteiger partial charge on any atom is 0.200 e. The van der Waals surface area contributed by atoms with Crippen LogP contribution in [0.3, 0.4) is 0 Å². The first-order chi connectivity index (χ1) is 7.54. The van der Waals surface area contributed by atoms with Gasteiger partial charge in [0.2, 0.25) is 5.75 Å². The van der Waals surface area contributed by atoms with E-state index in [2.05, 4.69) is 5.32 Å². The summed E-state index contributed by atoms with van der Waals surface area (Å²) in [6.07, 6.45) is 0.421. The molecule has 88 valence electrons. The van der Waals surface area contributed by atoms with Crippen molar-refractivity contribution >= 4 is 0 Å². The topological polar surface area (TPSA) is 82.0 Å². The van der Waals surface area contributed by atoms with Crippen LogP contribution >= 0.6 is 0 Å². The number of benzene rings is 1. The largest absolute Gasteiger partial charge is 0.504 e. The van der Waals surface area contributed by atoms with Gasteiger partial charge in [-0.15, -0.1) is 0 Å². The van der Waals surface area contributed by atoms with Crippen LogP contribution in [0.5, 0.6) is 17.2 Å². The summed E-state index contributed by atoms with van der Waals surface area (Å²) in [7, 11) is 1.41. The third-order valence-electron chi connectivity index (χ3n) is 2.78. The lowest BCUT2D eigenvalue weighted by molar-refractivity contribution is -0.00908. The molecule has 1 aromatic rings. The predicted octanol–water partition coefficient (Wildman–Crippen LogP) is -0.0168. The Morgan fingerprint density at radius 3 is 2.56 bits per heavy atom. The summed E-state index contributed by atoms with van der Waals surface area (Å²) in [5, 5.41) is 31.8. The first-order valence-electron chi connectivity index (χ1n) is 5.06. The molecule has 5 heteroatoms. The molecule has 0 aliphatic carbocycles. The number of methoxy groups -OCH3 is 1. The van der Waals surface area contributed by atoms with Crippen molar-refractivity contribution in [1.82, 2.24) is 5.32 Å². The highest BCUT2D eigenvalue weighted by Crippen LogP contribution is 2.37. The Balaban J connectivity index is 2.24. The lowest BCUT2D eigenvalue weighted by Crippen LogP contribution is -2.60. The van der Waals surface area contributed by atoms with Crippen LogP contribution in [0, 0.1) is 0 Å². The van der Waals surface area contributed by atoms with Gasteiger partial charge in [-0.1, -0.05) is 0 Å². The Bertz CT molecular complexity index is 401. The SMILES string of the molecule is COc1cc(CC2(O)CNC2)cc(O)c1O. The average Bonchev–Trinajstić information content (AvgIpc) is 2.21. The quantitative estimate of drug-likeness (QED) is 0.544. The maximum atomic E-state index is 9.94. The van der Waals surface area contributed by atoms with Crippen LogP contribution in [-0.4, -0.2) is 41.1 Å². The van der Waals surface area contributed by atoms with E-state index >= 15 is 0 Å². The molecule has 2 rings (SSSR count). The van der Waals surface area contributed by atoms with E-state index in [0.717, 1.165) is 5.56 Å². The standard InChI is InChI=1S/C11H15NO4/c1-16-9-3-7(2-8(13)10(9)14)4-11(15)5-12-6-11/h2-3,12-15H,4-6H2,1H3. The van der Waals surface area contributed by atoms with Gasteiger partial charge in [0.05, 0.1) is 12.7 Å². The number of phenolic OH excluding ortho intramolecular Hbond substituents is 2. The van der Waals surface area contributed by atoms with Gasteiger partial charge in [0.15, 0.2) is 11.5 Å². The summed E-state index contributed by atoms with van der Waals surface area (Å²) in [5.74, 6) is -0.291. The van der Waals surface area contributed by atoms with Crippen molar-refractivity contribution in [2.45, 2.75) is 12.0 Å². The van der Waals surface area contributed by atoms with E-state index in [1.165, 1.54) is 13.2 Å². The number of hydrogen-bond acceptors (Lipinski definition) is 5. The van der Waals surface area contributed by atoms with Crippen molar-refractivity contribution in [3.63, 3.8) is 0 Å². The minimum atomic E-state index is -0.756. The summed E-state index contributed by atoms with van der Waals surface area (Å²) < 4.78 is 4.93. The zero-order valence-corrected chi connectivity index (χ0v) is 9.03. The normalized spacial score (nSPS) is 17.9. The van der Waals surface area contributed by atoms with E-state index in [0.29, 0.717) is 19.5 Å². The van der Waals surface area contributed by atoms with Gasteiger partial charge in [-0.25, -0.2) is 0 Å². The molecular formula is C11H15NO4. The molecule has 4 N–H and O–H groups in total. The molecule has 0 spiro atoms. The highest BCUT2D eigenvalue weighted by atomic mass is 16.5. The first-order valence-corrected chi connectivity index (χ1v) is 5.06. The molecule has 0 aromatic heterocycles. The van der Waals surface area contributed by atoms with Crippen LogP contribution in [0.2, 0.25) is 0 Å². The fraction of sp³-hybridized carbons (Fsp3) is 0.455. The minimum absolute atomic E-state index is 0.214. The number of aliphatic hydroxyl groups is 1. The van der Waals surface area contributed by atoms with Crippen molar-refractivity contribution in [3.05, 3.63) is 17.7 Å². The summed E-state index contributed by atoms with van der Waals surface area (Å²) in [4.78, 5) is 0. The number of phenols is 2. The lowest BCUT2D eigenvalue weighted by Gasteiger charge is -2.37. The molecule has 0 atom stereocenters.